The van der Waals surface area contributed by atoms with E-state index in [1.807, 2.05) is 11.5 Å². The summed E-state index contributed by atoms with van der Waals surface area (Å²) in [5, 5.41) is 9.12. The minimum atomic E-state index is -4.39. The van der Waals surface area contributed by atoms with Crippen LogP contribution in [0.2, 0.25) is 0 Å². The zero-order valence-electron chi connectivity index (χ0n) is 12.1. The fourth-order valence-corrected chi connectivity index (χ4v) is 3.08. The van der Waals surface area contributed by atoms with Crippen LogP contribution in [0.3, 0.4) is 0 Å². The standard InChI is InChI=1S/C13H21N2O5P/c1-10(16)13(2,15-17)8-12(21(18,19)20)6-5-11-4-3-7-14-9-11/h3-4,7,9,12,15,17H,5-6,8H2,1-2H3,(H2,18,19,20). The summed E-state index contributed by atoms with van der Waals surface area (Å²) in [5.41, 5.74) is 0.336. The van der Waals surface area contributed by atoms with Gasteiger partial charge in [0.1, 0.15) is 0 Å². The molecule has 21 heavy (non-hydrogen) atoms. The highest BCUT2D eigenvalue weighted by Crippen LogP contribution is 2.47. The van der Waals surface area contributed by atoms with E-state index in [1.165, 1.54) is 13.8 Å². The molecule has 0 amide bonds. The number of nitrogens with one attached hydrogen (secondary N) is 1. The SMILES string of the molecule is CC(=O)C(C)(CC(CCc1cccnc1)P(=O)(O)O)NO. The number of rotatable bonds is 8. The number of pyridine rings is 1. The lowest BCUT2D eigenvalue weighted by Gasteiger charge is -2.30. The number of carbonyl (C=O) groups excluding carboxylic acids is 1. The molecule has 0 saturated heterocycles. The van der Waals surface area contributed by atoms with Crippen LogP contribution in [0, 0.1) is 0 Å². The number of aryl methyl sites for hydroxylation is 1. The number of carbonyl (C=O) groups is 1. The van der Waals surface area contributed by atoms with Gasteiger partial charge in [0.15, 0.2) is 5.78 Å². The number of ketones is 1. The van der Waals surface area contributed by atoms with E-state index >= 15 is 0 Å². The maximum absolute atomic E-state index is 11.6. The second kappa shape index (κ2) is 7.24. The topological polar surface area (TPSA) is 120 Å². The van der Waals surface area contributed by atoms with E-state index in [4.69, 9.17) is 5.21 Å². The van der Waals surface area contributed by atoms with Crippen molar-refractivity contribution in [3.63, 3.8) is 0 Å². The predicted octanol–water partition coefficient (Wildman–Crippen LogP) is 1.28. The Labute approximate surface area is 123 Å². The van der Waals surface area contributed by atoms with Crippen LogP contribution in [0.25, 0.3) is 0 Å². The fourth-order valence-electron chi connectivity index (χ4n) is 2.01. The molecule has 0 aliphatic rings. The number of Topliss-reactive ketones (excluding diaryl/α,β-unsaturated/α-hetero) is 1. The van der Waals surface area contributed by atoms with Crippen molar-refractivity contribution in [2.75, 3.05) is 0 Å². The second-order valence-electron chi connectivity index (χ2n) is 5.35. The van der Waals surface area contributed by atoms with Gasteiger partial charge in [-0.3, -0.25) is 14.3 Å². The maximum Gasteiger partial charge on any atom is 0.328 e. The molecular weight excluding hydrogens is 295 g/mol. The molecule has 1 aromatic rings. The highest BCUT2D eigenvalue weighted by atomic mass is 31.2. The lowest BCUT2D eigenvalue weighted by Crippen LogP contribution is -2.49. The Morgan fingerprint density at radius 2 is 2.19 bits per heavy atom. The van der Waals surface area contributed by atoms with Crippen LogP contribution in [-0.4, -0.2) is 37.0 Å². The average molecular weight is 316 g/mol. The number of hydrogen-bond donors (Lipinski definition) is 4. The van der Waals surface area contributed by atoms with Crippen LogP contribution in [0.4, 0.5) is 0 Å². The third kappa shape index (κ3) is 5.30. The molecule has 0 aromatic carbocycles. The first-order valence-corrected chi connectivity index (χ1v) is 8.23. The molecule has 0 aliphatic carbocycles. The molecule has 0 saturated carbocycles. The van der Waals surface area contributed by atoms with Gasteiger partial charge in [-0.1, -0.05) is 6.07 Å². The largest absolute Gasteiger partial charge is 0.328 e. The molecule has 0 bridgehead atoms. The zero-order valence-corrected chi connectivity index (χ0v) is 13.0. The van der Waals surface area contributed by atoms with Crippen molar-refractivity contribution in [2.24, 2.45) is 0 Å². The third-order valence-corrected chi connectivity index (χ3v) is 5.02. The van der Waals surface area contributed by atoms with Crippen molar-refractivity contribution < 1.29 is 24.4 Å². The third-order valence-electron chi connectivity index (χ3n) is 3.63. The Balaban J connectivity index is 2.83. The van der Waals surface area contributed by atoms with Crippen molar-refractivity contribution in [1.82, 2.24) is 10.5 Å². The normalized spacial score (nSPS) is 16.2. The van der Waals surface area contributed by atoms with Crippen molar-refractivity contribution in [1.29, 1.82) is 0 Å². The molecule has 0 aliphatic heterocycles. The molecule has 1 aromatic heterocycles. The molecule has 4 N–H and O–H groups in total. The zero-order chi connectivity index (χ0) is 16.1. The lowest BCUT2D eigenvalue weighted by molar-refractivity contribution is -0.127. The Hall–Kier alpha value is -1.11. The number of nitrogens with zero attached hydrogens (tertiary/aromatic N) is 1. The highest BCUT2D eigenvalue weighted by Gasteiger charge is 2.39. The summed E-state index contributed by atoms with van der Waals surface area (Å²) in [6, 6.07) is 3.56. The minimum Gasteiger partial charge on any atom is -0.324 e. The summed E-state index contributed by atoms with van der Waals surface area (Å²) in [5.74, 6) is -0.384. The van der Waals surface area contributed by atoms with Gasteiger partial charge in [0, 0.05) is 12.4 Å². The summed E-state index contributed by atoms with van der Waals surface area (Å²) in [6.45, 7) is 2.68. The number of aromatic nitrogens is 1. The van der Waals surface area contributed by atoms with Gasteiger partial charge < -0.3 is 15.0 Å². The van der Waals surface area contributed by atoms with Crippen molar-refractivity contribution in [3.05, 3.63) is 30.1 Å². The first kappa shape index (κ1) is 17.9. The van der Waals surface area contributed by atoms with E-state index in [-0.39, 0.29) is 18.6 Å². The Kier molecular flexibility index (Phi) is 6.19. The minimum absolute atomic E-state index is 0.149. The molecule has 7 nitrogen and oxygen atoms in total. The van der Waals surface area contributed by atoms with E-state index in [2.05, 4.69) is 4.98 Å². The van der Waals surface area contributed by atoms with Gasteiger partial charge in [-0.2, -0.15) is 5.48 Å². The summed E-state index contributed by atoms with van der Waals surface area (Å²) >= 11 is 0. The smallest absolute Gasteiger partial charge is 0.324 e. The average Bonchev–Trinajstić information content (AvgIpc) is 2.42. The van der Waals surface area contributed by atoms with Gasteiger partial charge in [-0.15, -0.1) is 0 Å². The quantitative estimate of drug-likeness (QED) is 0.421. The molecule has 1 heterocycles. The van der Waals surface area contributed by atoms with Gasteiger partial charge in [0.2, 0.25) is 0 Å². The number of hydroxylamine groups is 1. The predicted molar refractivity (Wildman–Crippen MR) is 77.0 cm³/mol. The fraction of sp³-hybridized carbons (Fsp3) is 0.538. The van der Waals surface area contributed by atoms with Crippen LogP contribution in [0.15, 0.2) is 24.5 Å². The van der Waals surface area contributed by atoms with Gasteiger partial charge in [-0.25, -0.2) is 0 Å². The van der Waals surface area contributed by atoms with Crippen molar-refractivity contribution in [2.45, 2.75) is 44.3 Å². The van der Waals surface area contributed by atoms with Gasteiger partial charge in [0.05, 0.1) is 11.2 Å². The summed E-state index contributed by atoms with van der Waals surface area (Å²) in [6.07, 6.45) is 3.73. The molecule has 8 heteroatoms. The first-order valence-electron chi connectivity index (χ1n) is 6.55. The molecular formula is C13H21N2O5P. The Morgan fingerprint density at radius 3 is 2.62 bits per heavy atom. The molecule has 0 radical (unpaired) electrons. The van der Waals surface area contributed by atoms with E-state index in [0.717, 1.165) is 5.56 Å². The van der Waals surface area contributed by atoms with E-state index in [0.29, 0.717) is 6.42 Å². The number of hydrogen-bond acceptors (Lipinski definition) is 5. The molecule has 1 rings (SSSR count). The maximum atomic E-state index is 11.6. The van der Waals surface area contributed by atoms with Crippen LogP contribution in [-0.2, 0) is 15.8 Å². The lowest BCUT2D eigenvalue weighted by atomic mass is 9.90. The van der Waals surface area contributed by atoms with Crippen molar-refractivity contribution >= 4 is 13.4 Å². The van der Waals surface area contributed by atoms with Gasteiger partial charge in [-0.05, 0) is 44.7 Å². The van der Waals surface area contributed by atoms with E-state index in [9.17, 15) is 19.1 Å². The molecule has 0 fully saturated rings. The van der Waals surface area contributed by atoms with E-state index in [1.54, 1.807) is 18.5 Å². The molecule has 2 atom stereocenters. The highest BCUT2D eigenvalue weighted by molar-refractivity contribution is 7.52. The van der Waals surface area contributed by atoms with Crippen LogP contribution < -0.4 is 5.48 Å². The molecule has 118 valence electrons. The summed E-state index contributed by atoms with van der Waals surface area (Å²) in [4.78, 5) is 34.4. The summed E-state index contributed by atoms with van der Waals surface area (Å²) < 4.78 is 11.6. The van der Waals surface area contributed by atoms with Crippen LogP contribution >= 0.6 is 7.60 Å². The second-order valence-corrected chi connectivity index (χ2v) is 7.26. The summed E-state index contributed by atoms with van der Waals surface area (Å²) in [7, 11) is -4.39. The molecule has 2 unspecified atom stereocenters. The van der Waals surface area contributed by atoms with Crippen LogP contribution in [0.5, 0.6) is 0 Å². The molecule has 0 spiro atoms. The van der Waals surface area contributed by atoms with Gasteiger partial charge in [0.25, 0.3) is 0 Å². The Morgan fingerprint density at radius 1 is 1.52 bits per heavy atom. The monoisotopic (exact) mass is 316 g/mol. The van der Waals surface area contributed by atoms with Crippen LogP contribution in [0.1, 0.15) is 32.3 Å². The van der Waals surface area contributed by atoms with Crippen molar-refractivity contribution in [3.8, 4) is 0 Å². The van der Waals surface area contributed by atoms with Gasteiger partial charge >= 0.3 is 7.60 Å². The Bertz CT molecular complexity index is 519. The first-order chi connectivity index (χ1) is 9.69. The van der Waals surface area contributed by atoms with E-state index < -0.39 is 18.8 Å².